The van der Waals surface area contributed by atoms with Crippen LogP contribution in [0.2, 0.25) is 0 Å². The molecule has 15 heteroatoms. The number of rotatable bonds is 6. The van der Waals surface area contributed by atoms with Crippen LogP contribution in [0.15, 0.2) is 51.7 Å². The smallest absolute Gasteiger partial charge is 0.335 e. The van der Waals surface area contributed by atoms with E-state index in [0.717, 1.165) is 12.1 Å². The normalized spacial score (nSPS) is 33.4. The zero-order chi connectivity index (χ0) is 30.5. The maximum atomic E-state index is 12.8. The molecule has 0 spiro atoms. The van der Waals surface area contributed by atoms with E-state index in [1.165, 1.54) is 37.3 Å². The van der Waals surface area contributed by atoms with Crippen LogP contribution in [0.1, 0.15) is 6.92 Å². The van der Waals surface area contributed by atoms with Gasteiger partial charge in [0.2, 0.25) is 6.29 Å². The average Bonchev–Trinajstić information content (AvgIpc) is 2.93. The van der Waals surface area contributed by atoms with Crippen molar-refractivity contribution in [3.63, 3.8) is 0 Å². The first-order valence-electron chi connectivity index (χ1n) is 12.7. The van der Waals surface area contributed by atoms with Gasteiger partial charge < -0.3 is 64.2 Å². The van der Waals surface area contributed by atoms with Gasteiger partial charge in [0.25, 0.3) is 0 Å². The highest BCUT2D eigenvalue weighted by Crippen LogP contribution is 2.35. The summed E-state index contributed by atoms with van der Waals surface area (Å²) in [4.78, 5) is 24.5. The molecule has 1 aromatic heterocycles. The lowest BCUT2D eigenvalue weighted by Crippen LogP contribution is -2.65. The van der Waals surface area contributed by atoms with Gasteiger partial charge in [-0.3, -0.25) is 4.79 Å². The zero-order valence-electron chi connectivity index (χ0n) is 21.8. The van der Waals surface area contributed by atoms with Gasteiger partial charge in [-0.25, -0.2) is 4.79 Å². The molecule has 8 N–H and O–H groups in total. The van der Waals surface area contributed by atoms with Gasteiger partial charge in [-0.05, 0) is 31.2 Å². The number of aromatic hydroxyl groups is 2. The summed E-state index contributed by atoms with van der Waals surface area (Å²) in [6, 6.07) is 9.07. The van der Waals surface area contributed by atoms with E-state index in [1.54, 1.807) is 0 Å². The monoisotopic (exact) mass is 592 g/mol. The number of ether oxygens (including phenoxy) is 4. The molecular formula is C27H28O15. The van der Waals surface area contributed by atoms with Crippen LogP contribution in [0, 0.1) is 0 Å². The Labute approximate surface area is 235 Å². The lowest BCUT2D eigenvalue weighted by Gasteiger charge is -2.45. The van der Waals surface area contributed by atoms with Gasteiger partial charge in [0.1, 0.15) is 64.5 Å². The second-order valence-electron chi connectivity index (χ2n) is 9.98. The summed E-state index contributed by atoms with van der Waals surface area (Å²) in [7, 11) is 0. The molecule has 2 fully saturated rings. The Balaban J connectivity index is 1.49. The number of phenols is 2. The van der Waals surface area contributed by atoms with Gasteiger partial charge in [-0.15, -0.1) is 0 Å². The van der Waals surface area contributed by atoms with Crippen LogP contribution in [0.5, 0.6) is 17.2 Å². The van der Waals surface area contributed by atoms with Crippen LogP contribution in [0.3, 0.4) is 0 Å². The van der Waals surface area contributed by atoms with Crippen molar-refractivity contribution < 1.29 is 69.0 Å². The molecule has 0 radical (unpaired) electrons. The second kappa shape index (κ2) is 11.5. The number of hydrogen-bond donors (Lipinski definition) is 8. The Kier molecular flexibility index (Phi) is 8.10. The highest BCUT2D eigenvalue weighted by Gasteiger charge is 2.52. The van der Waals surface area contributed by atoms with Crippen LogP contribution in [0.4, 0.5) is 0 Å². The van der Waals surface area contributed by atoms with Gasteiger partial charge >= 0.3 is 5.97 Å². The summed E-state index contributed by atoms with van der Waals surface area (Å²) in [6.45, 7) is 1.38. The Morgan fingerprint density at radius 1 is 0.833 bits per heavy atom. The summed E-state index contributed by atoms with van der Waals surface area (Å²) in [6.07, 6.45) is -17.3. The topological polar surface area (TPSA) is 246 Å². The number of aliphatic hydroxyl groups excluding tert-OH is 5. The fourth-order valence-corrected chi connectivity index (χ4v) is 4.77. The van der Waals surface area contributed by atoms with Gasteiger partial charge in [0, 0.05) is 23.8 Å². The predicted molar refractivity (Wildman–Crippen MR) is 137 cm³/mol. The van der Waals surface area contributed by atoms with Gasteiger partial charge in [0.15, 0.2) is 23.9 Å². The van der Waals surface area contributed by atoms with Crippen LogP contribution in [-0.2, 0) is 19.0 Å². The highest BCUT2D eigenvalue weighted by atomic mass is 16.8. The van der Waals surface area contributed by atoms with Crippen molar-refractivity contribution in [3.8, 4) is 28.6 Å². The van der Waals surface area contributed by atoms with Gasteiger partial charge in [-0.1, -0.05) is 0 Å². The minimum Gasteiger partial charge on any atom is -0.508 e. The summed E-state index contributed by atoms with van der Waals surface area (Å²) >= 11 is 0. The number of phenolic OH excluding ortho intramolecular Hbond substituents is 2. The van der Waals surface area contributed by atoms with Gasteiger partial charge in [0.05, 0.1) is 6.10 Å². The average molecular weight is 593 g/mol. The fraction of sp³-hybridized carbons (Fsp3) is 0.407. The molecule has 0 bridgehead atoms. The highest BCUT2D eigenvalue weighted by molar-refractivity contribution is 5.86. The van der Waals surface area contributed by atoms with Crippen LogP contribution >= 0.6 is 0 Å². The van der Waals surface area contributed by atoms with E-state index in [9.17, 15) is 50.4 Å². The first-order valence-corrected chi connectivity index (χ1v) is 12.7. The quantitative estimate of drug-likeness (QED) is 0.171. The molecule has 2 aliphatic heterocycles. The SMILES string of the molecule is C[C@H]1OC(O[C@H]2C(Oc3cc(O)c4c(=O)cc(-c5ccc(O)cc5)oc4c3)O[C@H](C(=O)O)[C@H](O)[C@@H]2O)[C@@H](O)[C@@H](O)[C@@H]1O. The number of carboxylic acid groups (broad SMARTS) is 1. The minimum absolute atomic E-state index is 0.0160. The molecule has 2 aliphatic rings. The number of aliphatic carboxylic acids is 1. The third-order valence-electron chi connectivity index (χ3n) is 7.08. The van der Waals surface area contributed by atoms with Crippen LogP contribution in [-0.4, -0.2) is 108 Å². The van der Waals surface area contributed by atoms with E-state index in [2.05, 4.69) is 0 Å². The maximum Gasteiger partial charge on any atom is 0.335 e. The molecule has 15 nitrogen and oxygen atoms in total. The number of carboxylic acids is 1. The molecular weight excluding hydrogens is 564 g/mol. The Hall–Kier alpha value is -3.80. The first-order chi connectivity index (χ1) is 19.8. The molecule has 3 aromatic rings. The molecule has 10 atom stereocenters. The van der Waals surface area contributed by atoms with E-state index in [1.807, 2.05) is 0 Å². The summed E-state index contributed by atoms with van der Waals surface area (Å²) < 4.78 is 27.9. The summed E-state index contributed by atoms with van der Waals surface area (Å²) in [5.74, 6) is -2.40. The first kappa shape index (κ1) is 29.7. The lowest BCUT2D eigenvalue weighted by molar-refractivity contribution is -0.351. The van der Waals surface area contributed by atoms with Crippen molar-refractivity contribution >= 4 is 16.9 Å². The molecule has 0 aliphatic carbocycles. The zero-order valence-corrected chi connectivity index (χ0v) is 21.8. The molecule has 2 saturated heterocycles. The largest absolute Gasteiger partial charge is 0.508 e. The van der Waals surface area contributed by atoms with E-state index >= 15 is 0 Å². The summed E-state index contributed by atoms with van der Waals surface area (Å²) in [5, 5.41) is 81.1. The third-order valence-corrected chi connectivity index (χ3v) is 7.08. The molecule has 5 rings (SSSR count). The van der Waals surface area contributed by atoms with E-state index in [0.29, 0.717) is 5.56 Å². The van der Waals surface area contributed by atoms with E-state index in [4.69, 9.17) is 23.4 Å². The summed E-state index contributed by atoms with van der Waals surface area (Å²) in [5.41, 5.74) is -0.335. The number of benzene rings is 2. The number of fused-ring (bicyclic) bond motifs is 1. The molecule has 2 unspecified atom stereocenters. The van der Waals surface area contributed by atoms with Gasteiger partial charge in [-0.2, -0.15) is 0 Å². The number of carbonyl (C=O) groups is 1. The minimum atomic E-state index is -2.03. The molecule has 226 valence electrons. The van der Waals surface area contributed by atoms with Crippen molar-refractivity contribution in [1.29, 1.82) is 0 Å². The van der Waals surface area contributed by atoms with Crippen molar-refractivity contribution in [3.05, 3.63) is 52.7 Å². The van der Waals surface area contributed by atoms with E-state index < -0.39 is 78.6 Å². The lowest BCUT2D eigenvalue weighted by atomic mass is 9.97. The van der Waals surface area contributed by atoms with E-state index in [-0.39, 0.29) is 28.2 Å². The molecule has 42 heavy (non-hydrogen) atoms. The Morgan fingerprint density at radius 2 is 1.52 bits per heavy atom. The van der Waals surface area contributed by atoms with Crippen molar-refractivity contribution in [2.24, 2.45) is 0 Å². The van der Waals surface area contributed by atoms with Crippen molar-refractivity contribution in [1.82, 2.24) is 0 Å². The molecule has 0 saturated carbocycles. The standard InChI is InChI=1S/C27H28O15/c1-9-18(31)19(32)22(35)26(38-9)42-24-21(34)20(33)23(25(36)37)41-27(24)39-12-6-13(29)17-14(30)8-15(40-16(17)7-12)10-2-4-11(28)5-3-10/h2-9,18-24,26-29,31-35H,1H3,(H,36,37)/t9-,18-,19+,20-,21+,22+,23+,24-,26?,27?/m1/s1. The molecule has 0 amide bonds. The van der Waals surface area contributed by atoms with Crippen LogP contribution < -0.4 is 10.2 Å². The second-order valence-corrected chi connectivity index (χ2v) is 9.98. The van der Waals surface area contributed by atoms with Crippen molar-refractivity contribution in [2.45, 2.75) is 68.3 Å². The van der Waals surface area contributed by atoms with Crippen LogP contribution in [0.25, 0.3) is 22.3 Å². The fourth-order valence-electron chi connectivity index (χ4n) is 4.77. The molecule has 3 heterocycles. The number of aliphatic hydroxyl groups is 5. The maximum absolute atomic E-state index is 12.8. The Bertz CT molecular complexity index is 1500. The molecule has 2 aromatic carbocycles. The Morgan fingerprint density at radius 3 is 2.19 bits per heavy atom. The predicted octanol–water partition coefficient (Wildman–Crippen LogP) is -1.01. The number of hydrogen-bond acceptors (Lipinski definition) is 14. The van der Waals surface area contributed by atoms with Crippen molar-refractivity contribution in [2.75, 3.05) is 0 Å². The third kappa shape index (κ3) is 5.51.